The van der Waals surface area contributed by atoms with Crippen LogP contribution in [0.2, 0.25) is 0 Å². The minimum absolute atomic E-state index is 0.0726. The molecule has 0 atom stereocenters. The molecule has 0 aromatic heterocycles. The van der Waals surface area contributed by atoms with E-state index in [4.69, 9.17) is 15.6 Å². The fourth-order valence-electron chi connectivity index (χ4n) is 1.23. The molecular weight excluding hydrogens is 240 g/mol. The molecule has 6 heteroatoms. The van der Waals surface area contributed by atoms with Gasteiger partial charge in [0.2, 0.25) is 5.91 Å². The van der Waals surface area contributed by atoms with Crippen LogP contribution in [0.3, 0.4) is 0 Å². The summed E-state index contributed by atoms with van der Waals surface area (Å²) in [6.07, 6.45) is 0. The molecule has 4 N–H and O–H groups in total. The summed E-state index contributed by atoms with van der Waals surface area (Å²) in [6, 6.07) is 5.04. The molecule has 0 unspecified atom stereocenters. The maximum atomic E-state index is 11.5. The fraction of sp³-hybridized carbons (Fsp3) is 0.364. The first-order valence-corrected chi connectivity index (χ1v) is 6.25. The molecule has 0 saturated carbocycles. The zero-order chi connectivity index (χ0) is 12.7. The van der Waals surface area contributed by atoms with Crippen LogP contribution in [0, 0.1) is 0 Å². The van der Waals surface area contributed by atoms with Gasteiger partial charge in [0.15, 0.2) is 0 Å². The van der Waals surface area contributed by atoms with Gasteiger partial charge in [-0.05, 0) is 12.1 Å². The van der Waals surface area contributed by atoms with Crippen LogP contribution in [0.5, 0.6) is 5.75 Å². The standard InChI is InChI=1S/C11H16N2O3S/c1-16-10-6-8(12)2-3-9(10)13-11(15)7-17-5-4-14/h2-3,6,14H,4-5,7,12H2,1H3,(H,13,15). The number of carbonyl (C=O) groups excluding carboxylic acids is 1. The number of hydrogen-bond donors (Lipinski definition) is 3. The summed E-state index contributed by atoms with van der Waals surface area (Å²) in [7, 11) is 1.52. The average Bonchev–Trinajstić information content (AvgIpc) is 2.32. The Morgan fingerprint density at radius 1 is 1.59 bits per heavy atom. The maximum absolute atomic E-state index is 11.5. The highest BCUT2D eigenvalue weighted by molar-refractivity contribution is 7.99. The number of carbonyl (C=O) groups is 1. The van der Waals surface area contributed by atoms with Crippen LogP contribution in [0.1, 0.15) is 0 Å². The number of aliphatic hydroxyl groups excluding tert-OH is 1. The summed E-state index contributed by atoms with van der Waals surface area (Å²) < 4.78 is 5.11. The Morgan fingerprint density at radius 2 is 2.35 bits per heavy atom. The second kappa shape index (κ2) is 7.03. The molecule has 0 radical (unpaired) electrons. The van der Waals surface area contributed by atoms with Crippen LogP contribution in [0.15, 0.2) is 18.2 Å². The number of rotatable bonds is 6. The second-order valence-corrected chi connectivity index (χ2v) is 4.39. The smallest absolute Gasteiger partial charge is 0.234 e. The van der Waals surface area contributed by atoms with E-state index in [1.54, 1.807) is 18.2 Å². The number of thioether (sulfide) groups is 1. The zero-order valence-corrected chi connectivity index (χ0v) is 10.4. The third kappa shape index (κ3) is 4.54. The van der Waals surface area contributed by atoms with E-state index >= 15 is 0 Å². The lowest BCUT2D eigenvalue weighted by Gasteiger charge is -2.10. The van der Waals surface area contributed by atoms with Crippen molar-refractivity contribution in [3.63, 3.8) is 0 Å². The largest absolute Gasteiger partial charge is 0.494 e. The molecular formula is C11H16N2O3S. The topological polar surface area (TPSA) is 84.6 Å². The van der Waals surface area contributed by atoms with Gasteiger partial charge in [0.1, 0.15) is 5.75 Å². The third-order valence-electron chi connectivity index (χ3n) is 1.97. The first-order valence-electron chi connectivity index (χ1n) is 5.09. The van der Waals surface area contributed by atoms with E-state index in [-0.39, 0.29) is 12.5 Å². The number of anilines is 2. The van der Waals surface area contributed by atoms with Crippen molar-refractivity contribution in [3.8, 4) is 5.75 Å². The molecule has 94 valence electrons. The maximum Gasteiger partial charge on any atom is 0.234 e. The van der Waals surface area contributed by atoms with Gasteiger partial charge in [0.25, 0.3) is 0 Å². The summed E-state index contributed by atoms with van der Waals surface area (Å²) >= 11 is 1.37. The van der Waals surface area contributed by atoms with Gasteiger partial charge in [0.05, 0.1) is 25.2 Å². The van der Waals surface area contributed by atoms with E-state index in [1.807, 2.05) is 0 Å². The molecule has 5 nitrogen and oxygen atoms in total. The predicted molar refractivity (Wildman–Crippen MR) is 70.4 cm³/mol. The van der Waals surface area contributed by atoms with Gasteiger partial charge in [-0.3, -0.25) is 4.79 Å². The van der Waals surface area contributed by atoms with E-state index in [0.717, 1.165) is 0 Å². The zero-order valence-electron chi connectivity index (χ0n) is 9.60. The molecule has 0 heterocycles. The summed E-state index contributed by atoms with van der Waals surface area (Å²) in [5, 5.41) is 11.3. The summed E-state index contributed by atoms with van der Waals surface area (Å²) in [6.45, 7) is 0.0726. The van der Waals surface area contributed by atoms with Gasteiger partial charge in [-0.15, -0.1) is 11.8 Å². The number of nitrogens with one attached hydrogen (secondary N) is 1. The first kappa shape index (κ1) is 13.7. The van der Waals surface area contributed by atoms with Crippen molar-refractivity contribution in [2.24, 2.45) is 0 Å². The van der Waals surface area contributed by atoms with Crippen LogP contribution in [-0.2, 0) is 4.79 Å². The normalized spacial score (nSPS) is 10.0. The van der Waals surface area contributed by atoms with Crippen LogP contribution in [0.25, 0.3) is 0 Å². The van der Waals surface area contributed by atoms with Crippen LogP contribution < -0.4 is 15.8 Å². The molecule has 0 fully saturated rings. The predicted octanol–water partition coefficient (Wildman–Crippen LogP) is 0.941. The lowest BCUT2D eigenvalue weighted by atomic mass is 10.2. The highest BCUT2D eigenvalue weighted by atomic mass is 32.2. The van der Waals surface area contributed by atoms with Crippen molar-refractivity contribution in [1.29, 1.82) is 0 Å². The molecule has 0 spiro atoms. The Bertz CT molecular complexity index is 385. The number of amides is 1. The lowest BCUT2D eigenvalue weighted by Crippen LogP contribution is -2.15. The average molecular weight is 256 g/mol. The SMILES string of the molecule is COc1cc(N)ccc1NC(=O)CSCCO. The minimum atomic E-state index is -0.133. The van der Waals surface area contributed by atoms with Crippen molar-refractivity contribution in [2.45, 2.75) is 0 Å². The van der Waals surface area contributed by atoms with Crippen LogP contribution in [0.4, 0.5) is 11.4 Å². The van der Waals surface area contributed by atoms with Gasteiger partial charge in [0, 0.05) is 17.5 Å². The van der Waals surface area contributed by atoms with Gasteiger partial charge in [-0.25, -0.2) is 0 Å². The van der Waals surface area contributed by atoms with Crippen molar-refractivity contribution in [1.82, 2.24) is 0 Å². The lowest BCUT2D eigenvalue weighted by molar-refractivity contribution is -0.113. The second-order valence-electron chi connectivity index (χ2n) is 3.28. The Morgan fingerprint density at radius 3 is 3.00 bits per heavy atom. The molecule has 17 heavy (non-hydrogen) atoms. The number of nitrogen functional groups attached to an aromatic ring is 1. The number of ether oxygens (including phenoxy) is 1. The third-order valence-corrected chi connectivity index (χ3v) is 2.91. The molecule has 0 bridgehead atoms. The first-order chi connectivity index (χ1) is 8.17. The van der Waals surface area contributed by atoms with Crippen molar-refractivity contribution >= 4 is 29.0 Å². The van der Waals surface area contributed by atoms with E-state index in [1.165, 1.54) is 18.9 Å². The summed E-state index contributed by atoms with van der Waals surface area (Å²) in [5.74, 6) is 1.25. The number of benzene rings is 1. The van der Waals surface area contributed by atoms with Gasteiger partial charge in [-0.1, -0.05) is 0 Å². The van der Waals surface area contributed by atoms with Crippen molar-refractivity contribution < 1.29 is 14.6 Å². The minimum Gasteiger partial charge on any atom is -0.494 e. The number of aliphatic hydroxyl groups is 1. The van der Waals surface area contributed by atoms with Crippen LogP contribution in [-0.4, -0.2) is 36.2 Å². The van der Waals surface area contributed by atoms with E-state index in [2.05, 4.69) is 5.32 Å². The van der Waals surface area contributed by atoms with E-state index < -0.39 is 0 Å². The molecule has 1 aromatic rings. The number of hydrogen-bond acceptors (Lipinski definition) is 5. The Labute approximate surface area is 104 Å². The molecule has 0 saturated heterocycles. The van der Waals surface area contributed by atoms with Gasteiger partial charge < -0.3 is 20.9 Å². The quantitative estimate of drug-likeness (QED) is 0.521. The molecule has 0 aliphatic rings. The highest BCUT2D eigenvalue weighted by Crippen LogP contribution is 2.26. The molecule has 1 aromatic carbocycles. The van der Waals surface area contributed by atoms with Crippen molar-refractivity contribution in [2.75, 3.05) is 36.3 Å². The van der Waals surface area contributed by atoms with Gasteiger partial charge >= 0.3 is 0 Å². The molecule has 1 rings (SSSR count). The molecule has 1 amide bonds. The molecule has 0 aliphatic carbocycles. The number of methoxy groups -OCH3 is 1. The van der Waals surface area contributed by atoms with Crippen LogP contribution >= 0.6 is 11.8 Å². The summed E-state index contributed by atoms with van der Waals surface area (Å²) in [5.41, 5.74) is 6.78. The Kier molecular flexibility index (Phi) is 5.65. The van der Waals surface area contributed by atoms with E-state index in [0.29, 0.717) is 28.6 Å². The van der Waals surface area contributed by atoms with Crippen molar-refractivity contribution in [3.05, 3.63) is 18.2 Å². The monoisotopic (exact) mass is 256 g/mol. The Balaban J connectivity index is 2.58. The highest BCUT2D eigenvalue weighted by Gasteiger charge is 2.07. The summed E-state index contributed by atoms with van der Waals surface area (Å²) in [4.78, 5) is 11.5. The number of nitrogens with two attached hydrogens (primary N) is 1. The molecule has 0 aliphatic heterocycles. The fourth-order valence-corrected chi connectivity index (χ4v) is 1.76. The van der Waals surface area contributed by atoms with E-state index in [9.17, 15) is 4.79 Å². The Hall–Kier alpha value is -1.40. The van der Waals surface area contributed by atoms with Gasteiger partial charge in [-0.2, -0.15) is 0 Å².